The number of carbonyl (C=O) groups excluding carboxylic acids is 1. The summed E-state index contributed by atoms with van der Waals surface area (Å²) < 4.78 is 16.2. The van der Waals surface area contributed by atoms with E-state index >= 15 is 0 Å². The number of benzene rings is 2. The number of hydrazine groups is 1. The van der Waals surface area contributed by atoms with E-state index in [1.807, 2.05) is 24.3 Å². The van der Waals surface area contributed by atoms with E-state index in [4.69, 9.17) is 20.1 Å². The number of fused-ring (bicyclic) bond motifs is 1. The zero-order valence-corrected chi connectivity index (χ0v) is 11.2. The molecular formula is C15H14N2O4. The molecule has 1 amide bonds. The fourth-order valence-electron chi connectivity index (χ4n) is 1.97. The third-order valence-electron chi connectivity index (χ3n) is 3.10. The van der Waals surface area contributed by atoms with Gasteiger partial charge in [-0.25, -0.2) is 5.84 Å². The smallest absolute Gasteiger partial charge is 0.265 e. The predicted octanol–water partition coefficient (Wildman–Crippen LogP) is 1.60. The molecule has 1 aliphatic heterocycles. The molecule has 3 N–H and O–H groups in total. The summed E-state index contributed by atoms with van der Waals surface area (Å²) in [5.74, 6) is 6.86. The molecule has 0 aliphatic carbocycles. The lowest BCUT2D eigenvalue weighted by atomic mass is 10.1. The van der Waals surface area contributed by atoms with Crippen molar-refractivity contribution in [1.82, 2.24) is 5.43 Å². The van der Waals surface area contributed by atoms with Crippen LogP contribution in [0.5, 0.6) is 17.2 Å². The van der Waals surface area contributed by atoms with Crippen molar-refractivity contribution < 1.29 is 19.0 Å². The Labute approximate surface area is 121 Å². The Hall–Kier alpha value is -2.73. The highest BCUT2D eigenvalue weighted by molar-refractivity contribution is 5.93. The molecule has 6 nitrogen and oxygen atoms in total. The molecule has 0 unspecified atom stereocenters. The Morgan fingerprint density at radius 3 is 2.67 bits per heavy atom. The van der Waals surface area contributed by atoms with E-state index in [2.05, 4.69) is 5.43 Å². The molecule has 0 radical (unpaired) electrons. The lowest BCUT2D eigenvalue weighted by Gasteiger charge is -2.07. The monoisotopic (exact) mass is 286 g/mol. The molecule has 0 saturated heterocycles. The molecule has 108 valence electrons. The van der Waals surface area contributed by atoms with Gasteiger partial charge in [-0.2, -0.15) is 0 Å². The normalized spacial score (nSPS) is 12.0. The van der Waals surface area contributed by atoms with Crippen molar-refractivity contribution in [3.8, 4) is 17.2 Å². The van der Waals surface area contributed by atoms with Crippen LogP contribution in [0.3, 0.4) is 0 Å². The zero-order valence-electron chi connectivity index (χ0n) is 11.2. The number of nitrogens with two attached hydrogens (primary N) is 1. The van der Waals surface area contributed by atoms with E-state index in [1.54, 1.807) is 18.2 Å². The largest absolute Gasteiger partial charge is 0.489 e. The van der Waals surface area contributed by atoms with E-state index in [-0.39, 0.29) is 12.7 Å². The summed E-state index contributed by atoms with van der Waals surface area (Å²) in [6.45, 7) is 0.633. The van der Waals surface area contributed by atoms with Crippen LogP contribution < -0.4 is 25.5 Å². The number of hydrogen-bond acceptors (Lipinski definition) is 5. The van der Waals surface area contributed by atoms with Crippen LogP contribution in [0.15, 0.2) is 42.5 Å². The molecule has 0 aromatic heterocycles. The van der Waals surface area contributed by atoms with Gasteiger partial charge in [0.05, 0.1) is 0 Å². The number of hydrogen-bond donors (Lipinski definition) is 2. The van der Waals surface area contributed by atoms with Gasteiger partial charge in [0.25, 0.3) is 5.91 Å². The van der Waals surface area contributed by atoms with Crippen molar-refractivity contribution in [2.75, 3.05) is 6.79 Å². The second-order valence-corrected chi connectivity index (χ2v) is 4.47. The number of ether oxygens (including phenoxy) is 3. The van der Waals surface area contributed by atoms with Crippen molar-refractivity contribution in [3.05, 3.63) is 53.6 Å². The lowest BCUT2D eigenvalue weighted by molar-refractivity contribution is 0.0953. The summed E-state index contributed by atoms with van der Waals surface area (Å²) in [4.78, 5) is 11.3. The molecule has 2 aromatic carbocycles. The van der Waals surface area contributed by atoms with Crippen LogP contribution in [0.1, 0.15) is 15.9 Å². The Morgan fingerprint density at radius 2 is 1.90 bits per heavy atom. The molecule has 6 heteroatoms. The Morgan fingerprint density at radius 1 is 1.14 bits per heavy atom. The third kappa shape index (κ3) is 2.90. The second kappa shape index (κ2) is 5.72. The van der Waals surface area contributed by atoms with Gasteiger partial charge >= 0.3 is 0 Å². The highest BCUT2D eigenvalue weighted by Crippen LogP contribution is 2.35. The number of carbonyl (C=O) groups is 1. The van der Waals surface area contributed by atoms with Gasteiger partial charge in [0.15, 0.2) is 11.5 Å². The fourth-order valence-corrected chi connectivity index (χ4v) is 1.97. The topological polar surface area (TPSA) is 82.8 Å². The minimum Gasteiger partial charge on any atom is -0.489 e. The Balaban J connectivity index is 1.63. The van der Waals surface area contributed by atoms with Crippen LogP contribution in [0.25, 0.3) is 0 Å². The SMILES string of the molecule is NNC(=O)c1ccc(COc2ccc3c(c2)OCO3)cc1. The maximum atomic E-state index is 11.3. The van der Waals surface area contributed by atoms with Gasteiger partial charge in [-0.1, -0.05) is 12.1 Å². The molecule has 0 saturated carbocycles. The van der Waals surface area contributed by atoms with Crippen LogP contribution in [0.2, 0.25) is 0 Å². The summed E-state index contributed by atoms with van der Waals surface area (Å²) in [6.07, 6.45) is 0. The summed E-state index contributed by atoms with van der Waals surface area (Å²) in [6, 6.07) is 12.4. The average Bonchev–Trinajstić information content (AvgIpc) is 3.00. The average molecular weight is 286 g/mol. The van der Waals surface area contributed by atoms with Crippen LogP contribution in [0, 0.1) is 0 Å². The van der Waals surface area contributed by atoms with Gasteiger partial charge in [0.1, 0.15) is 12.4 Å². The first kappa shape index (κ1) is 13.3. The molecule has 0 fully saturated rings. The van der Waals surface area contributed by atoms with E-state index in [0.29, 0.717) is 23.7 Å². The fraction of sp³-hybridized carbons (Fsp3) is 0.133. The van der Waals surface area contributed by atoms with Crippen LogP contribution in [-0.2, 0) is 6.61 Å². The van der Waals surface area contributed by atoms with E-state index < -0.39 is 0 Å². The number of nitrogen functional groups attached to an aromatic ring is 1. The molecule has 2 aromatic rings. The minimum atomic E-state index is -0.321. The molecule has 1 heterocycles. The van der Waals surface area contributed by atoms with Crippen molar-refractivity contribution >= 4 is 5.91 Å². The van der Waals surface area contributed by atoms with Gasteiger partial charge in [0.2, 0.25) is 6.79 Å². The van der Waals surface area contributed by atoms with Gasteiger partial charge in [-0.15, -0.1) is 0 Å². The molecule has 0 spiro atoms. The highest BCUT2D eigenvalue weighted by atomic mass is 16.7. The van der Waals surface area contributed by atoms with Crippen molar-refractivity contribution in [3.63, 3.8) is 0 Å². The predicted molar refractivity (Wildman–Crippen MR) is 75.0 cm³/mol. The quantitative estimate of drug-likeness (QED) is 0.507. The molecule has 1 aliphatic rings. The van der Waals surface area contributed by atoms with Gasteiger partial charge in [-0.3, -0.25) is 10.2 Å². The third-order valence-corrected chi connectivity index (χ3v) is 3.10. The summed E-state index contributed by atoms with van der Waals surface area (Å²) >= 11 is 0. The van der Waals surface area contributed by atoms with Gasteiger partial charge < -0.3 is 14.2 Å². The maximum absolute atomic E-state index is 11.3. The molecule has 0 bridgehead atoms. The minimum absolute atomic E-state index is 0.240. The van der Waals surface area contributed by atoms with E-state index in [1.165, 1.54) is 0 Å². The first-order valence-corrected chi connectivity index (χ1v) is 6.38. The second-order valence-electron chi connectivity index (χ2n) is 4.47. The molecule has 0 atom stereocenters. The maximum Gasteiger partial charge on any atom is 0.265 e. The number of amides is 1. The molecular weight excluding hydrogens is 272 g/mol. The summed E-state index contributed by atoms with van der Waals surface area (Å²) in [5.41, 5.74) is 3.54. The van der Waals surface area contributed by atoms with E-state index in [9.17, 15) is 4.79 Å². The van der Waals surface area contributed by atoms with Crippen LogP contribution >= 0.6 is 0 Å². The summed E-state index contributed by atoms with van der Waals surface area (Å²) in [5, 5.41) is 0. The Kier molecular flexibility index (Phi) is 3.61. The van der Waals surface area contributed by atoms with Crippen LogP contribution in [-0.4, -0.2) is 12.7 Å². The van der Waals surface area contributed by atoms with Crippen LogP contribution in [0.4, 0.5) is 0 Å². The van der Waals surface area contributed by atoms with Gasteiger partial charge in [0, 0.05) is 11.6 Å². The molecule has 3 rings (SSSR count). The standard InChI is InChI=1S/C15H14N2O4/c16-17-15(18)11-3-1-10(2-4-11)8-19-12-5-6-13-14(7-12)21-9-20-13/h1-7H,8-9,16H2,(H,17,18). The summed E-state index contributed by atoms with van der Waals surface area (Å²) in [7, 11) is 0. The highest BCUT2D eigenvalue weighted by Gasteiger charge is 2.13. The molecule has 21 heavy (non-hydrogen) atoms. The number of nitrogens with one attached hydrogen (secondary N) is 1. The first-order valence-electron chi connectivity index (χ1n) is 6.38. The van der Waals surface area contributed by atoms with Gasteiger partial charge in [-0.05, 0) is 29.8 Å². The zero-order chi connectivity index (χ0) is 14.7. The lowest BCUT2D eigenvalue weighted by Crippen LogP contribution is -2.29. The first-order chi connectivity index (χ1) is 10.3. The van der Waals surface area contributed by atoms with Crippen molar-refractivity contribution in [1.29, 1.82) is 0 Å². The van der Waals surface area contributed by atoms with Crippen molar-refractivity contribution in [2.45, 2.75) is 6.61 Å². The number of rotatable bonds is 4. The van der Waals surface area contributed by atoms with E-state index in [0.717, 1.165) is 11.3 Å². The Bertz CT molecular complexity index is 655. The van der Waals surface area contributed by atoms with Crippen molar-refractivity contribution in [2.24, 2.45) is 5.84 Å².